The van der Waals surface area contributed by atoms with Gasteiger partial charge in [-0.05, 0) is 48.0 Å². The normalized spacial score (nSPS) is 13.3. The highest BCUT2D eigenvalue weighted by molar-refractivity contribution is 6.17. The van der Waals surface area contributed by atoms with Crippen molar-refractivity contribution in [1.29, 1.82) is 0 Å². The van der Waals surface area contributed by atoms with Crippen LogP contribution in [0.1, 0.15) is 11.0 Å². The molecule has 0 saturated carbocycles. The van der Waals surface area contributed by atoms with Crippen molar-refractivity contribution in [3.8, 4) is 34.2 Å². The lowest BCUT2D eigenvalue weighted by Gasteiger charge is -2.11. The molecule has 32 heavy (non-hydrogen) atoms. The van der Waals surface area contributed by atoms with Crippen molar-refractivity contribution >= 4 is 28.6 Å². The first kappa shape index (κ1) is 15.8. The Hall–Kier alpha value is -3.97. The van der Waals surface area contributed by atoms with Crippen LogP contribution in [0.15, 0.2) is 73.0 Å². The number of aromatic nitrogens is 5. The van der Waals surface area contributed by atoms with E-state index < -0.39 is 7.04 Å². The third-order valence-electron chi connectivity index (χ3n) is 4.99. The standard InChI is InChI=1S/C24H19ClN6O/c1-32-21-11-6-16(14-28-21)19-9-10-20-24(29-19)31(17-7-4-15(13-25)5-8-17)23(30-20)18-3-2-12-27-22(18)26/h2-12,14H,13H2,1H3,(H2,26,27)/i1D3,14D. The third-order valence-corrected chi connectivity index (χ3v) is 5.30. The number of halogens is 1. The zero-order chi connectivity index (χ0) is 25.4. The van der Waals surface area contributed by atoms with Crippen LogP contribution in [-0.4, -0.2) is 31.5 Å². The van der Waals surface area contributed by atoms with Crippen molar-refractivity contribution in [2.24, 2.45) is 0 Å². The van der Waals surface area contributed by atoms with Crippen LogP contribution in [0, 0.1) is 0 Å². The minimum atomic E-state index is -2.66. The van der Waals surface area contributed by atoms with Crippen molar-refractivity contribution in [2.75, 3.05) is 12.8 Å². The van der Waals surface area contributed by atoms with Gasteiger partial charge in [0.05, 0.1) is 23.8 Å². The van der Waals surface area contributed by atoms with Gasteiger partial charge in [-0.1, -0.05) is 12.1 Å². The summed E-state index contributed by atoms with van der Waals surface area (Å²) in [6, 6.07) is 17.8. The molecule has 0 aliphatic heterocycles. The summed E-state index contributed by atoms with van der Waals surface area (Å²) in [4.78, 5) is 17.8. The maximum absolute atomic E-state index is 8.32. The molecule has 5 rings (SSSR count). The van der Waals surface area contributed by atoms with Crippen LogP contribution in [0.5, 0.6) is 5.88 Å². The van der Waals surface area contributed by atoms with Gasteiger partial charge in [-0.2, -0.15) is 0 Å². The molecule has 0 amide bonds. The molecular weight excluding hydrogens is 424 g/mol. The van der Waals surface area contributed by atoms with Crippen molar-refractivity contribution < 1.29 is 10.2 Å². The van der Waals surface area contributed by atoms with Crippen molar-refractivity contribution in [3.05, 3.63) is 78.6 Å². The number of fused-ring (bicyclic) bond motifs is 1. The molecule has 8 heteroatoms. The second kappa shape index (κ2) is 8.28. The second-order valence-electron chi connectivity index (χ2n) is 6.96. The first-order valence-electron chi connectivity index (χ1n) is 11.7. The van der Waals surface area contributed by atoms with Gasteiger partial charge in [0.25, 0.3) is 0 Å². The smallest absolute Gasteiger partial charge is 0.212 e. The lowest BCUT2D eigenvalue weighted by atomic mass is 10.2. The van der Waals surface area contributed by atoms with Crippen LogP contribution < -0.4 is 10.5 Å². The van der Waals surface area contributed by atoms with Crippen molar-refractivity contribution in [2.45, 2.75) is 5.88 Å². The number of anilines is 1. The quantitative estimate of drug-likeness (QED) is 0.387. The van der Waals surface area contributed by atoms with Gasteiger partial charge in [0.15, 0.2) is 11.5 Å². The molecule has 7 nitrogen and oxygen atoms in total. The van der Waals surface area contributed by atoms with Gasteiger partial charge in [-0.3, -0.25) is 4.57 Å². The number of alkyl halides is 1. The van der Waals surface area contributed by atoms with E-state index in [9.17, 15) is 0 Å². The molecule has 0 atom stereocenters. The molecule has 0 unspecified atom stereocenters. The number of rotatable bonds is 5. The van der Waals surface area contributed by atoms with E-state index in [1.165, 1.54) is 6.07 Å². The molecular formula is C24H19ClN6O. The largest absolute Gasteiger partial charge is 0.481 e. The highest BCUT2D eigenvalue weighted by atomic mass is 35.5. The predicted octanol–water partition coefficient (Wildman–Crippen LogP) is 4.87. The van der Waals surface area contributed by atoms with E-state index in [4.69, 9.17) is 37.5 Å². The minimum Gasteiger partial charge on any atom is -0.481 e. The first-order chi connectivity index (χ1) is 17.2. The van der Waals surface area contributed by atoms with Gasteiger partial charge in [-0.15, -0.1) is 11.6 Å². The average molecular weight is 447 g/mol. The predicted molar refractivity (Wildman–Crippen MR) is 126 cm³/mol. The Morgan fingerprint density at radius 1 is 1.06 bits per heavy atom. The van der Waals surface area contributed by atoms with E-state index in [-0.39, 0.29) is 12.1 Å². The molecule has 0 spiro atoms. The average Bonchev–Trinajstić information content (AvgIpc) is 3.22. The maximum atomic E-state index is 8.32. The van der Waals surface area contributed by atoms with Crippen LogP contribution in [0.2, 0.25) is 0 Å². The monoisotopic (exact) mass is 446 g/mol. The summed E-state index contributed by atoms with van der Waals surface area (Å²) in [7, 11) is -2.66. The molecule has 4 aromatic heterocycles. The summed E-state index contributed by atoms with van der Waals surface area (Å²) in [6.07, 6.45) is 1.44. The SMILES string of the molecule is [2H]c1nc(OC([2H])([2H])[2H])ccc1-c1ccc2nc(-c3cccnc3N)n(-c3ccc(CCl)cc3)c2n1. The van der Waals surface area contributed by atoms with E-state index in [0.29, 0.717) is 45.5 Å². The van der Waals surface area contributed by atoms with E-state index in [0.717, 1.165) is 11.3 Å². The van der Waals surface area contributed by atoms with E-state index >= 15 is 0 Å². The molecule has 0 fully saturated rings. The molecule has 4 heterocycles. The molecule has 1 aromatic carbocycles. The number of nitrogen functional groups attached to an aromatic ring is 1. The molecule has 0 radical (unpaired) electrons. The molecule has 5 aromatic rings. The fraction of sp³-hybridized carbons (Fsp3) is 0.0833. The van der Waals surface area contributed by atoms with Gasteiger partial charge in [-0.25, -0.2) is 19.9 Å². The third kappa shape index (κ3) is 3.52. The number of ether oxygens (including phenoxy) is 1. The van der Waals surface area contributed by atoms with Gasteiger partial charge >= 0.3 is 0 Å². The van der Waals surface area contributed by atoms with Crippen LogP contribution in [-0.2, 0) is 5.88 Å². The number of nitrogens with zero attached hydrogens (tertiary/aromatic N) is 5. The Bertz CT molecular complexity index is 1570. The summed E-state index contributed by atoms with van der Waals surface area (Å²) >= 11 is 5.98. The Balaban J connectivity index is 1.69. The zero-order valence-electron chi connectivity index (χ0n) is 20.7. The summed E-state index contributed by atoms with van der Waals surface area (Å²) in [6.45, 7) is 0. The highest BCUT2D eigenvalue weighted by Crippen LogP contribution is 2.31. The minimum absolute atomic E-state index is 0.163. The molecule has 0 saturated heterocycles. The second-order valence-corrected chi connectivity index (χ2v) is 7.22. The lowest BCUT2D eigenvalue weighted by Crippen LogP contribution is -2.02. The van der Waals surface area contributed by atoms with Crippen molar-refractivity contribution in [3.63, 3.8) is 0 Å². The van der Waals surface area contributed by atoms with E-state index in [2.05, 4.69) is 9.97 Å². The Morgan fingerprint density at radius 3 is 2.69 bits per heavy atom. The van der Waals surface area contributed by atoms with Gasteiger partial charge < -0.3 is 10.5 Å². The van der Waals surface area contributed by atoms with Crippen LogP contribution in [0.4, 0.5) is 5.82 Å². The van der Waals surface area contributed by atoms with E-state index in [1.807, 2.05) is 34.9 Å². The molecule has 0 aliphatic rings. The topological polar surface area (TPSA) is 91.7 Å². The number of methoxy groups -OCH3 is 1. The lowest BCUT2D eigenvalue weighted by molar-refractivity contribution is 0.398. The van der Waals surface area contributed by atoms with Crippen molar-refractivity contribution in [1.82, 2.24) is 24.5 Å². The van der Waals surface area contributed by atoms with Gasteiger partial charge in [0.2, 0.25) is 5.88 Å². The van der Waals surface area contributed by atoms with Crippen LogP contribution >= 0.6 is 11.6 Å². The number of benzene rings is 1. The summed E-state index contributed by atoms with van der Waals surface area (Å²) < 4.78 is 36.7. The van der Waals surface area contributed by atoms with Crippen LogP contribution in [0.3, 0.4) is 0 Å². The number of hydrogen-bond donors (Lipinski definition) is 1. The van der Waals surface area contributed by atoms with Gasteiger partial charge in [0, 0.05) is 35.6 Å². The molecule has 0 bridgehead atoms. The maximum Gasteiger partial charge on any atom is 0.212 e. The Morgan fingerprint density at radius 2 is 1.94 bits per heavy atom. The summed E-state index contributed by atoms with van der Waals surface area (Å²) in [5.74, 6) is 1.11. The fourth-order valence-corrected chi connectivity index (χ4v) is 3.60. The summed E-state index contributed by atoms with van der Waals surface area (Å²) in [5.41, 5.74) is 10.6. The fourth-order valence-electron chi connectivity index (χ4n) is 3.42. The number of pyridine rings is 3. The molecule has 2 N–H and O–H groups in total. The first-order valence-corrected chi connectivity index (χ1v) is 10.2. The molecule has 158 valence electrons. The van der Waals surface area contributed by atoms with Crippen LogP contribution in [0.25, 0.3) is 39.5 Å². The highest BCUT2D eigenvalue weighted by Gasteiger charge is 2.18. The Kier molecular flexibility index (Phi) is 4.08. The van der Waals surface area contributed by atoms with Gasteiger partial charge in [0.1, 0.15) is 11.3 Å². The number of nitrogens with two attached hydrogens (primary N) is 1. The number of imidazole rings is 1. The number of hydrogen-bond acceptors (Lipinski definition) is 6. The zero-order valence-corrected chi connectivity index (χ0v) is 17.4. The van der Waals surface area contributed by atoms with E-state index in [1.54, 1.807) is 30.5 Å². The summed E-state index contributed by atoms with van der Waals surface area (Å²) in [5, 5.41) is 0. The molecule has 0 aliphatic carbocycles. The Labute approximate surface area is 195 Å².